The molecule has 1 aliphatic heterocycles. The molecule has 12 heteroatoms. The molecule has 3 aromatic rings. The van der Waals surface area contributed by atoms with Gasteiger partial charge in [-0.15, -0.1) is 0 Å². The Kier molecular flexibility index (Phi) is 5.58. The molecule has 1 fully saturated rings. The minimum atomic E-state index is -4.78. The van der Waals surface area contributed by atoms with Gasteiger partial charge in [0.2, 0.25) is 5.91 Å². The number of hydrogen-bond donors (Lipinski definition) is 1. The predicted molar refractivity (Wildman–Crippen MR) is 127 cm³/mol. The number of fused-ring (bicyclic) bond motifs is 1. The summed E-state index contributed by atoms with van der Waals surface area (Å²) < 4.78 is 41.3. The van der Waals surface area contributed by atoms with Crippen molar-refractivity contribution in [1.82, 2.24) is 4.98 Å². The number of aromatic nitrogens is 1. The maximum Gasteiger partial charge on any atom is 0.417 e. The van der Waals surface area contributed by atoms with Gasteiger partial charge in [0.05, 0.1) is 33.1 Å². The second-order valence-corrected chi connectivity index (χ2v) is 9.41. The number of rotatable bonds is 3. The van der Waals surface area contributed by atoms with E-state index in [4.69, 9.17) is 17.5 Å². The quantitative estimate of drug-likeness (QED) is 0.503. The van der Waals surface area contributed by atoms with Crippen LogP contribution >= 0.6 is 23.6 Å². The minimum absolute atomic E-state index is 0.00973. The Morgan fingerprint density at radius 3 is 2.50 bits per heavy atom. The molecule has 1 N–H and O–H groups in total. The van der Waals surface area contributed by atoms with Crippen LogP contribution < -0.4 is 15.1 Å². The van der Waals surface area contributed by atoms with Crippen LogP contribution in [0.15, 0.2) is 36.4 Å². The smallest absolute Gasteiger partial charge is 0.303 e. The van der Waals surface area contributed by atoms with Crippen molar-refractivity contribution in [2.75, 3.05) is 15.1 Å². The number of alkyl halides is 3. The SMILES string of the molecule is CC(=O)Nc1nc2cc(N3C(=S)N(c4ccc(C#N)c(C(F)(F)F)c4)C(=O)C3(C)C)ccc2s1. The summed E-state index contributed by atoms with van der Waals surface area (Å²) in [7, 11) is 0. The molecule has 1 saturated heterocycles. The van der Waals surface area contributed by atoms with Crippen molar-refractivity contribution in [3.8, 4) is 6.07 Å². The van der Waals surface area contributed by atoms with Gasteiger partial charge in [-0.05, 0) is 62.5 Å². The molecule has 2 aromatic carbocycles. The molecule has 0 saturated carbocycles. The Morgan fingerprint density at radius 1 is 1.21 bits per heavy atom. The molecular formula is C22H16F3N5O2S2. The van der Waals surface area contributed by atoms with Crippen LogP contribution in [0.4, 0.5) is 29.7 Å². The molecule has 1 aliphatic rings. The molecule has 0 unspecified atom stereocenters. The number of anilines is 3. The Balaban J connectivity index is 1.77. The van der Waals surface area contributed by atoms with Crippen LogP contribution in [0.3, 0.4) is 0 Å². The minimum Gasteiger partial charge on any atom is -0.303 e. The number of halogens is 3. The van der Waals surface area contributed by atoms with E-state index >= 15 is 0 Å². The third-order valence-corrected chi connectivity index (χ3v) is 6.58. The summed E-state index contributed by atoms with van der Waals surface area (Å²) in [6.45, 7) is 4.60. The monoisotopic (exact) mass is 503 g/mol. The van der Waals surface area contributed by atoms with E-state index in [1.807, 2.05) is 0 Å². The number of amides is 2. The van der Waals surface area contributed by atoms with Crippen LogP contribution in [0.1, 0.15) is 31.9 Å². The fourth-order valence-electron chi connectivity index (χ4n) is 3.72. The molecule has 0 radical (unpaired) electrons. The van der Waals surface area contributed by atoms with E-state index in [0.717, 1.165) is 21.7 Å². The van der Waals surface area contributed by atoms with E-state index in [1.54, 1.807) is 36.9 Å². The maximum absolute atomic E-state index is 13.5. The Labute approximate surface area is 201 Å². The highest BCUT2D eigenvalue weighted by Crippen LogP contribution is 2.40. The fraction of sp³-hybridized carbons (Fsp3) is 0.227. The molecule has 1 aromatic heterocycles. The molecule has 174 valence electrons. The summed E-state index contributed by atoms with van der Waals surface area (Å²) in [4.78, 5) is 31.6. The number of benzene rings is 2. The van der Waals surface area contributed by atoms with Gasteiger partial charge in [-0.1, -0.05) is 11.3 Å². The van der Waals surface area contributed by atoms with Gasteiger partial charge in [-0.25, -0.2) is 4.98 Å². The van der Waals surface area contributed by atoms with Crippen molar-refractivity contribution >= 4 is 67.2 Å². The third-order valence-electron chi connectivity index (χ3n) is 5.27. The third kappa shape index (κ3) is 3.86. The molecule has 2 amide bonds. The van der Waals surface area contributed by atoms with E-state index in [9.17, 15) is 22.8 Å². The fourth-order valence-corrected chi connectivity index (χ4v) is 5.13. The lowest BCUT2D eigenvalue weighted by Crippen LogP contribution is -2.44. The van der Waals surface area contributed by atoms with Crippen molar-refractivity contribution in [3.05, 3.63) is 47.5 Å². The standard InChI is InChI=1S/C22H16F3N5O2S2/c1-11(31)27-19-28-16-9-14(6-7-17(16)34-19)30-20(33)29(18(32)21(30,2)3)13-5-4-12(10-26)15(8-13)22(23,24)25/h4-9H,1-3H3,(H,27,28,31). The summed E-state index contributed by atoms with van der Waals surface area (Å²) in [6.07, 6.45) is -4.78. The van der Waals surface area contributed by atoms with Crippen molar-refractivity contribution in [1.29, 1.82) is 5.26 Å². The second-order valence-electron chi connectivity index (χ2n) is 8.01. The predicted octanol–water partition coefficient (Wildman–Crippen LogP) is 5.06. The first-order valence-corrected chi connectivity index (χ1v) is 11.1. The normalized spacial score (nSPS) is 15.7. The second kappa shape index (κ2) is 8.03. The van der Waals surface area contributed by atoms with Gasteiger partial charge < -0.3 is 10.2 Å². The number of nitrogens with one attached hydrogen (secondary N) is 1. The van der Waals surface area contributed by atoms with Gasteiger partial charge in [-0.2, -0.15) is 18.4 Å². The molecular weight excluding hydrogens is 487 g/mol. The molecule has 0 bridgehead atoms. The van der Waals surface area contributed by atoms with Crippen LogP contribution in [-0.4, -0.2) is 27.4 Å². The van der Waals surface area contributed by atoms with Crippen LogP contribution in [0.2, 0.25) is 0 Å². The van der Waals surface area contributed by atoms with Gasteiger partial charge in [-0.3, -0.25) is 14.5 Å². The van der Waals surface area contributed by atoms with E-state index < -0.39 is 28.7 Å². The summed E-state index contributed by atoms with van der Waals surface area (Å²) in [5, 5.41) is 12.1. The molecule has 34 heavy (non-hydrogen) atoms. The van der Waals surface area contributed by atoms with E-state index in [-0.39, 0.29) is 16.7 Å². The molecule has 2 heterocycles. The van der Waals surface area contributed by atoms with Gasteiger partial charge >= 0.3 is 6.18 Å². The van der Waals surface area contributed by atoms with Crippen LogP contribution in [0.5, 0.6) is 0 Å². The van der Waals surface area contributed by atoms with Crippen molar-refractivity contribution in [2.24, 2.45) is 0 Å². The number of thiazole rings is 1. The molecule has 7 nitrogen and oxygen atoms in total. The first-order chi connectivity index (χ1) is 15.8. The largest absolute Gasteiger partial charge is 0.417 e. The zero-order chi connectivity index (χ0) is 25.0. The Morgan fingerprint density at radius 2 is 1.88 bits per heavy atom. The average molecular weight is 504 g/mol. The highest BCUT2D eigenvalue weighted by molar-refractivity contribution is 7.81. The van der Waals surface area contributed by atoms with Crippen molar-refractivity contribution in [3.63, 3.8) is 0 Å². The lowest BCUT2D eigenvalue weighted by Gasteiger charge is -2.29. The number of thiocarbonyl (C=S) groups is 1. The van der Waals surface area contributed by atoms with E-state index in [1.165, 1.54) is 30.4 Å². The van der Waals surface area contributed by atoms with Crippen LogP contribution in [-0.2, 0) is 15.8 Å². The molecule has 0 spiro atoms. The first kappa shape index (κ1) is 23.6. The molecule has 0 aliphatic carbocycles. The summed E-state index contributed by atoms with van der Waals surface area (Å²) >= 11 is 6.82. The number of carbonyl (C=O) groups is 2. The average Bonchev–Trinajstić information content (AvgIpc) is 3.20. The number of carbonyl (C=O) groups excluding carboxylic acids is 2. The van der Waals surface area contributed by atoms with Crippen molar-refractivity contribution in [2.45, 2.75) is 32.5 Å². The van der Waals surface area contributed by atoms with Gasteiger partial charge in [0.15, 0.2) is 10.2 Å². The van der Waals surface area contributed by atoms with Crippen LogP contribution in [0, 0.1) is 11.3 Å². The number of nitrogens with zero attached hydrogens (tertiary/aromatic N) is 4. The summed E-state index contributed by atoms with van der Waals surface area (Å²) in [5.41, 5.74) is -1.91. The number of nitriles is 1. The maximum atomic E-state index is 13.5. The van der Waals surface area contributed by atoms with E-state index in [0.29, 0.717) is 16.3 Å². The molecule has 4 rings (SSSR count). The van der Waals surface area contributed by atoms with Gasteiger partial charge in [0.1, 0.15) is 5.54 Å². The summed E-state index contributed by atoms with van der Waals surface area (Å²) in [6, 6.07) is 9.76. The highest BCUT2D eigenvalue weighted by Gasteiger charge is 2.50. The lowest BCUT2D eigenvalue weighted by molar-refractivity contribution is -0.137. The first-order valence-electron chi connectivity index (χ1n) is 9.83. The topological polar surface area (TPSA) is 89.3 Å². The zero-order valence-electron chi connectivity index (χ0n) is 18.0. The van der Waals surface area contributed by atoms with Crippen molar-refractivity contribution < 1.29 is 22.8 Å². The summed E-state index contributed by atoms with van der Waals surface area (Å²) in [5.74, 6) is -0.782. The lowest BCUT2D eigenvalue weighted by atomic mass is 10.0. The zero-order valence-corrected chi connectivity index (χ0v) is 19.7. The van der Waals surface area contributed by atoms with Crippen LogP contribution in [0.25, 0.3) is 10.2 Å². The Hall–Kier alpha value is -3.56. The Bertz CT molecular complexity index is 1410. The van der Waals surface area contributed by atoms with Gasteiger partial charge in [0, 0.05) is 12.6 Å². The van der Waals surface area contributed by atoms with Gasteiger partial charge in [0.25, 0.3) is 5.91 Å². The number of hydrogen-bond acceptors (Lipinski definition) is 6. The molecule has 0 atom stereocenters. The highest BCUT2D eigenvalue weighted by atomic mass is 32.1. The van der Waals surface area contributed by atoms with E-state index in [2.05, 4.69) is 10.3 Å².